The third-order valence-corrected chi connectivity index (χ3v) is 11.2. The first-order chi connectivity index (χ1) is 28.6. The molecule has 0 aromatic heterocycles. The largest absolute Gasteiger partial charge is 0.472 e. The summed E-state index contributed by atoms with van der Waals surface area (Å²) in [6.07, 6.45) is 31.4. The van der Waals surface area contributed by atoms with E-state index in [9.17, 15) is 33.5 Å². The fourth-order valence-corrected chi connectivity index (χ4v) is 7.38. The second-order valence-electron chi connectivity index (χ2n) is 16.2. The van der Waals surface area contributed by atoms with Gasteiger partial charge in [0, 0.05) is 19.3 Å². The van der Waals surface area contributed by atoms with Gasteiger partial charge in [-0.1, -0.05) is 161 Å². The maximum Gasteiger partial charge on any atom is 0.472 e. The highest BCUT2D eigenvalue weighted by molar-refractivity contribution is 7.47. The number of rotatable bonds is 43. The van der Waals surface area contributed by atoms with Crippen molar-refractivity contribution in [2.45, 2.75) is 206 Å². The lowest BCUT2D eigenvalue weighted by Crippen LogP contribution is -2.30. The highest BCUT2D eigenvalue weighted by atomic mass is 31.2. The average molecular weight is 897 g/mol. The number of aliphatic hydroxyl groups is 1. The molecule has 0 aliphatic carbocycles. The van der Waals surface area contributed by atoms with E-state index < -0.39 is 66.2 Å². The molecular formula is C44H82O14P2. The van der Waals surface area contributed by atoms with Crippen LogP contribution in [0.15, 0.2) is 24.3 Å². The van der Waals surface area contributed by atoms with E-state index in [1.165, 1.54) is 83.5 Å². The first kappa shape index (κ1) is 58.3. The van der Waals surface area contributed by atoms with E-state index in [4.69, 9.17) is 23.8 Å². The number of hydrogen-bond donors (Lipinski definition) is 4. The van der Waals surface area contributed by atoms with Gasteiger partial charge in [0.2, 0.25) is 0 Å². The van der Waals surface area contributed by atoms with Crippen LogP contribution in [-0.4, -0.2) is 76.1 Å². The zero-order valence-electron chi connectivity index (χ0n) is 37.2. The number of hydrogen-bond acceptors (Lipinski definition) is 11. The summed E-state index contributed by atoms with van der Waals surface area (Å²) in [5.41, 5.74) is 0. The molecule has 0 saturated heterocycles. The number of unbranched alkanes of at least 4 members (excludes halogenated alkanes) is 20. The van der Waals surface area contributed by atoms with Gasteiger partial charge in [-0.15, -0.1) is 0 Å². The van der Waals surface area contributed by atoms with Gasteiger partial charge < -0.3 is 29.3 Å². The Morgan fingerprint density at radius 3 is 1.58 bits per heavy atom. The van der Waals surface area contributed by atoms with Gasteiger partial charge in [-0.25, -0.2) is 9.13 Å². The molecule has 0 rings (SSSR count). The number of esters is 2. The zero-order valence-corrected chi connectivity index (χ0v) is 39.0. The molecule has 1 unspecified atom stereocenters. The highest BCUT2D eigenvalue weighted by Crippen LogP contribution is 2.43. The first-order valence-corrected chi connectivity index (χ1v) is 25.9. The molecule has 0 saturated carbocycles. The monoisotopic (exact) mass is 897 g/mol. The van der Waals surface area contributed by atoms with Crippen molar-refractivity contribution >= 4 is 33.4 Å². The van der Waals surface area contributed by atoms with Gasteiger partial charge in [-0.2, -0.15) is 0 Å². The molecular weight excluding hydrogens is 814 g/mol. The lowest BCUT2D eigenvalue weighted by molar-refractivity contribution is -0.161. The summed E-state index contributed by atoms with van der Waals surface area (Å²) in [6.45, 7) is 3.92. The molecule has 60 heavy (non-hydrogen) atoms. The Morgan fingerprint density at radius 1 is 0.567 bits per heavy atom. The zero-order chi connectivity index (χ0) is 44.7. The molecule has 4 N–H and O–H groups in total. The van der Waals surface area contributed by atoms with Crippen molar-refractivity contribution in [2.24, 2.45) is 5.92 Å². The third kappa shape index (κ3) is 42.9. The van der Waals surface area contributed by atoms with Crippen molar-refractivity contribution < 1.29 is 66.3 Å². The van der Waals surface area contributed by atoms with E-state index in [1.54, 1.807) is 12.2 Å². The van der Waals surface area contributed by atoms with Crippen molar-refractivity contribution in [3.05, 3.63) is 24.3 Å². The number of carbonyl (C=O) groups is 3. The molecule has 0 fully saturated rings. The Hall–Kier alpha value is -1.73. The number of allylic oxidation sites excluding steroid dienone is 4. The van der Waals surface area contributed by atoms with Crippen LogP contribution in [0.25, 0.3) is 0 Å². The van der Waals surface area contributed by atoms with Gasteiger partial charge in [0.05, 0.1) is 19.8 Å². The minimum absolute atomic E-state index is 0.0500. The Labute approximate surface area is 361 Å². The van der Waals surface area contributed by atoms with Crippen LogP contribution in [0.5, 0.6) is 0 Å². The molecule has 0 amide bonds. The molecule has 0 bridgehead atoms. The SMILES string of the molecule is CCCCC/C=C\C=C\C(=O)CCCCCCCC(=O)O[C@H](COC(=O)CCCCCCCCCCCCCCCCC(C)C)COP(=O)(O)OC[C@@H](O)COP(=O)(O)O. The normalized spacial score (nSPS) is 14.2. The summed E-state index contributed by atoms with van der Waals surface area (Å²) < 4.78 is 47.7. The Morgan fingerprint density at radius 2 is 1.05 bits per heavy atom. The van der Waals surface area contributed by atoms with Gasteiger partial charge in [-0.3, -0.25) is 28.0 Å². The van der Waals surface area contributed by atoms with E-state index in [0.717, 1.165) is 63.7 Å². The first-order valence-electron chi connectivity index (χ1n) is 22.8. The third-order valence-electron chi connectivity index (χ3n) is 9.74. The predicted molar refractivity (Wildman–Crippen MR) is 235 cm³/mol. The molecule has 16 heteroatoms. The van der Waals surface area contributed by atoms with Gasteiger partial charge in [0.15, 0.2) is 11.9 Å². The van der Waals surface area contributed by atoms with Crippen LogP contribution in [0, 0.1) is 5.92 Å². The van der Waals surface area contributed by atoms with Crippen molar-refractivity contribution in [1.29, 1.82) is 0 Å². The minimum atomic E-state index is -4.88. The summed E-state index contributed by atoms with van der Waals surface area (Å²) in [7, 11) is -9.71. The average Bonchev–Trinajstić information content (AvgIpc) is 3.19. The summed E-state index contributed by atoms with van der Waals surface area (Å²) in [5.74, 6) is -0.233. The van der Waals surface area contributed by atoms with Crippen LogP contribution in [-0.2, 0) is 46.6 Å². The predicted octanol–water partition coefficient (Wildman–Crippen LogP) is 10.9. The molecule has 0 aliphatic rings. The summed E-state index contributed by atoms with van der Waals surface area (Å²) in [5, 5.41) is 9.75. The number of phosphoric acid groups is 2. The van der Waals surface area contributed by atoms with E-state index in [0.29, 0.717) is 19.3 Å². The Kier molecular flexibility index (Phi) is 37.8. The van der Waals surface area contributed by atoms with Gasteiger partial charge in [-0.05, 0) is 44.1 Å². The number of carbonyl (C=O) groups excluding carboxylic acids is 3. The second kappa shape index (κ2) is 38.9. The van der Waals surface area contributed by atoms with Crippen LogP contribution in [0.1, 0.15) is 194 Å². The van der Waals surface area contributed by atoms with Crippen molar-refractivity contribution in [3.8, 4) is 0 Å². The number of phosphoric ester groups is 2. The molecule has 0 heterocycles. The van der Waals surface area contributed by atoms with E-state index >= 15 is 0 Å². The smallest absolute Gasteiger partial charge is 0.462 e. The van der Waals surface area contributed by atoms with Gasteiger partial charge in [0.25, 0.3) is 0 Å². The maximum absolute atomic E-state index is 12.7. The minimum Gasteiger partial charge on any atom is -0.462 e. The summed E-state index contributed by atoms with van der Waals surface area (Å²) >= 11 is 0. The molecule has 3 atom stereocenters. The van der Waals surface area contributed by atoms with Crippen molar-refractivity contribution in [3.63, 3.8) is 0 Å². The molecule has 0 aromatic rings. The van der Waals surface area contributed by atoms with Crippen LogP contribution in [0.3, 0.4) is 0 Å². The molecule has 0 aliphatic heterocycles. The topological polar surface area (TPSA) is 212 Å². The van der Waals surface area contributed by atoms with Crippen LogP contribution in [0.2, 0.25) is 0 Å². The lowest BCUT2D eigenvalue weighted by atomic mass is 10.0. The van der Waals surface area contributed by atoms with E-state index in [-0.39, 0.29) is 18.6 Å². The second-order valence-corrected chi connectivity index (χ2v) is 18.9. The standard InChI is InChI=1S/C44H82O14P2/c1-4-5-6-7-16-21-26-31-40(45)32-27-22-19-24-29-34-44(48)58-42(38-57-60(52,53)56-36-41(46)35-55-59(49,50)51)37-54-43(47)33-28-23-18-15-13-11-9-8-10-12-14-17-20-25-30-39(2)3/h16,21,26,31,39,41-42,46H,4-15,17-20,22-25,27-30,32-38H2,1-3H3,(H,52,53)(H2,49,50,51)/b21-16-,31-26+/t41-,42+/m0/s1. The number of ketones is 1. The van der Waals surface area contributed by atoms with Crippen LogP contribution >= 0.6 is 15.6 Å². The lowest BCUT2D eigenvalue weighted by Gasteiger charge is -2.20. The number of ether oxygens (including phenoxy) is 2. The van der Waals surface area contributed by atoms with Crippen molar-refractivity contribution in [1.82, 2.24) is 0 Å². The fourth-order valence-electron chi connectivity index (χ4n) is 6.22. The highest BCUT2D eigenvalue weighted by Gasteiger charge is 2.28. The Balaban J connectivity index is 4.54. The summed E-state index contributed by atoms with van der Waals surface area (Å²) in [4.78, 5) is 64.8. The number of aliphatic hydroxyl groups excluding tert-OH is 1. The molecule has 0 aromatic carbocycles. The molecule has 352 valence electrons. The molecule has 0 spiro atoms. The van der Waals surface area contributed by atoms with Crippen LogP contribution in [0.4, 0.5) is 0 Å². The van der Waals surface area contributed by atoms with E-state index in [2.05, 4.69) is 35.9 Å². The van der Waals surface area contributed by atoms with Crippen molar-refractivity contribution in [2.75, 3.05) is 26.4 Å². The summed E-state index contributed by atoms with van der Waals surface area (Å²) in [6, 6.07) is 0. The maximum atomic E-state index is 12.7. The molecule has 0 radical (unpaired) electrons. The fraction of sp³-hybridized carbons (Fsp3) is 0.841. The Bertz CT molecular complexity index is 1240. The van der Waals surface area contributed by atoms with Gasteiger partial charge in [0.1, 0.15) is 12.7 Å². The van der Waals surface area contributed by atoms with E-state index in [1.807, 2.05) is 6.08 Å². The van der Waals surface area contributed by atoms with Crippen LogP contribution < -0.4 is 0 Å². The van der Waals surface area contributed by atoms with Gasteiger partial charge >= 0.3 is 27.6 Å². The molecule has 14 nitrogen and oxygen atoms in total. The quantitative estimate of drug-likeness (QED) is 0.0147.